The highest BCUT2D eigenvalue weighted by Gasteiger charge is 2.33. The lowest BCUT2D eigenvalue weighted by molar-refractivity contribution is 0.593. The normalized spacial score (nSPS) is 17.8. The largest absolute Gasteiger partial charge is 0.319 e. The SMILES string of the molecule is CSc1c(F)cc(C2CSC(=S)N2c2ccccc2)c(C)c1C. The third-order valence-corrected chi connectivity index (χ3v) is 6.69. The van der Waals surface area contributed by atoms with Crippen molar-refractivity contribution in [1.82, 2.24) is 0 Å². The molecule has 0 amide bonds. The lowest BCUT2D eigenvalue weighted by atomic mass is 9.96. The van der Waals surface area contributed by atoms with Crippen LogP contribution in [0, 0.1) is 19.7 Å². The van der Waals surface area contributed by atoms with Gasteiger partial charge in [-0.25, -0.2) is 4.39 Å². The molecule has 0 aromatic heterocycles. The Labute approximate surface area is 150 Å². The smallest absolute Gasteiger partial charge is 0.141 e. The summed E-state index contributed by atoms with van der Waals surface area (Å²) in [5, 5.41) is 0. The van der Waals surface area contributed by atoms with E-state index in [-0.39, 0.29) is 11.9 Å². The molecule has 1 unspecified atom stereocenters. The Morgan fingerprint density at radius 2 is 1.91 bits per heavy atom. The Bertz CT molecular complexity index is 746. The molecule has 1 saturated heterocycles. The van der Waals surface area contributed by atoms with Gasteiger partial charge in [0, 0.05) is 16.3 Å². The van der Waals surface area contributed by atoms with Crippen molar-refractivity contribution in [3.05, 3.63) is 58.9 Å². The molecule has 1 fully saturated rings. The number of halogens is 1. The zero-order valence-corrected chi connectivity index (χ0v) is 15.7. The molecular formula is C18H18FNS3. The minimum atomic E-state index is -0.133. The van der Waals surface area contributed by atoms with Crippen molar-refractivity contribution in [1.29, 1.82) is 0 Å². The molecule has 0 spiro atoms. The van der Waals surface area contributed by atoms with E-state index in [1.165, 1.54) is 11.8 Å². The van der Waals surface area contributed by atoms with E-state index in [1.54, 1.807) is 17.8 Å². The first-order valence-corrected chi connectivity index (χ1v) is 10.0. The van der Waals surface area contributed by atoms with Gasteiger partial charge in [0.25, 0.3) is 0 Å². The van der Waals surface area contributed by atoms with Crippen LogP contribution in [-0.2, 0) is 0 Å². The molecule has 5 heteroatoms. The molecule has 2 aromatic rings. The molecule has 0 radical (unpaired) electrons. The number of thiocarbonyl (C=S) groups is 1. The molecule has 23 heavy (non-hydrogen) atoms. The summed E-state index contributed by atoms with van der Waals surface area (Å²) in [6, 6.07) is 11.9. The zero-order valence-electron chi connectivity index (χ0n) is 13.3. The van der Waals surface area contributed by atoms with E-state index in [2.05, 4.69) is 24.0 Å². The van der Waals surface area contributed by atoms with Crippen LogP contribution in [0.25, 0.3) is 0 Å². The average Bonchev–Trinajstić information content (AvgIpc) is 2.93. The summed E-state index contributed by atoms with van der Waals surface area (Å²) < 4.78 is 15.3. The first-order valence-electron chi connectivity index (χ1n) is 7.39. The number of para-hydroxylation sites is 1. The number of anilines is 1. The second-order valence-electron chi connectivity index (χ2n) is 5.53. The van der Waals surface area contributed by atoms with Gasteiger partial charge in [0.05, 0.1) is 6.04 Å². The molecule has 1 heterocycles. The van der Waals surface area contributed by atoms with E-state index in [9.17, 15) is 4.39 Å². The summed E-state index contributed by atoms with van der Waals surface area (Å²) in [6.07, 6.45) is 1.92. The Morgan fingerprint density at radius 3 is 2.57 bits per heavy atom. The minimum Gasteiger partial charge on any atom is -0.319 e. The van der Waals surface area contributed by atoms with Crippen molar-refractivity contribution in [2.45, 2.75) is 24.8 Å². The van der Waals surface area contributed by atoms with Crippen LogP contribution in [-0.4, -0.2) is 16.3 Å². The molecule has 3 rings (SSSR count). The molecule has 1 aliphatic heterocycles. The van der Waals surface area contributed by atoms with Gasteiger partial charge < -0.3 is 4.90 Å². The van der Waals surface area contributed by atoms with Gasteiger partial charge in [-0.3, -0.25) is 0 Å². The Hall–Kier alpha value is -1.04. The fourth-order valence-corrected chi connectivity index (χ4v) is 5.15. The molecule has 1 aliphatic rings. The maximum absolute atomic E-state index is 14.5. The van der Waals surface area contributed by atoms with E-state index in [4.69, 9.17) is 12.2 Å². The lowest BCUT2D eigenvalue weighted by Crippen LogP contribution is -2.27. The molecule has 0 saturated carbocycles. The van der Waals surface area contributed by atoms with Gasteiger partial charge in [0.2, 0.25) is 0 Å². The van der Waals surface area contributed by atoms with E-state index < -0.39 is 0 Å². The summed E-state index contributed by atoms with van der Waals surface area (Å²) in [5.74, 6) is 0.720. The van der Waals surface area contributed by atoms with Crippen LogP contribution < -0.4 is 4.90 Å². The topological polar surface area (TPSA) is 3.24 Å². The summed E-state index contributed by atoms with van der Waals surface area (Å²) >= 11 is 8.68. The van der Waals surface area contributed by atoms with E-state index in [0.29, 0.717) is 0 Å². The maximum Gasteiger partial charge on any atom is 0.141 e. The first kappa shape index (κ1) is 16.8. The molecule has 120 valence electrons. The van der Waals surface area contributed by atoms with Crippen LogP contribution in [0.4, 0.5) is 10.1 Å². The number of hydrogen-bond acceptors (Lipinski definition) is 3. The van der Waals surface area contributed by atoms with Gasteiger partial charge in [0.1, 0.15) is 10.1 Å². The fourth-order valence-electron chi connectivity index (χ4n) is 3.00. The fraction of sp³-hybridized carbons (Fsp3) is 0.278. The van der Waals surface area contributed by atoms with Gasteiger partial charge in [-0.05, 0) is 55.0 Å². The standard InChI is InChI=1S/C18H18FNS3/c1-11-12(2)17(22-3)15(19)9-14(11)16-10-23-18(21)20(16)13-7-5-4-6-8-13/h4-9,16H,10H2,1-3H3. The average molecular weight is 364 g/mol. The number of rotatable bonds is 3. The zero-order chi connectivity index (χ0) is 16.6. The van der Waals surface area contributed by atoms with Crippen molar-refractivity contribution in [2.24, 2.45) is 0 Å². The quantitative estimate of drug-likeness (QED) is 0.505. The molecular weight excluding hydrogens is 345 g/mol. The molecule has 0 bridgehead atoms. The number of hydrogen-bond donors (Lipinski definition) is 0. The predicted octanol–water partition coefficient (Wildman–Crippen LogP) is 5.74. The Kier molecular flexibility index (Phi) is 4.99. The summed E-state index contributed by atoms with van der Waals surface area (Å²) in [5.41, 5.74) is 4.29. The van der Waals surface area contributed by atoms with Crippen LogP contribution in [0.1, 0.15) is 22.7 Å². The molecule has 0 N–H and O–H groups in total. The highest BCUT2D eigenvalue weighted by atomic mass is 32.2. The number of benzene rings is 2. The molecule has 1 atom stereocenters. The van der Waals surface area contributed by atoms with Gasteiger partial charge in [0.15, 0.2) is 0 Å². The predicted molar refractivity (Wildman–Crippen MR) is 104 cm³/mol. The third kappa shape index (κ3) is 3.02. The van der Waals surface area contributed by atoms with Crippen molar-refractivity contribution in [2.75, 3.05) is 16.9 Å². The van der Waals surface area contributed by atoms with E-state index in [0.717, 1.165) is 37.3 Å². The van der Waals surface area contributed by atoms with Crippen molar-refractivity contribution in [3.63, 3.8) is 0 Å². The Morgan fingerprint density at radius 1 is 1.22 bits per heavy atom. The van der Waals surface area contributed by atoms with Crippen LogP contribution >= 0.6 is 35.7 Å². The van der Waals surface area contributed by atoms with Crippen molar-refractivity contribution >= 4 is 45.7 Å². The van der Waals surface area contributed by atoms with E-state index in [1.807, 2.05) is 31.4 Å². The van der Waals surface area contributed by atoms with Gasteiger partial charge in [-0.2, -0.15) is 0 Å². The molecule has 1 nitrogen and oxygen atoms in total. The van der Waals surface area contributed by atoms with Crippen molar-refractivity contribution in [3.8, 4) is 0 Å². The van der Waals surface area contributed by atoms with Crippen LogP contribution in [0.15, 0.2) is 41.3 Å². The van der Waals surface area contributed by atoms with Crippen LogP contribution in [0.5, 0.6) is 0 Å². The van der Waals surface area contributed by atoms with Crippen molar-refractivity contribution < 1.29 is 4.39 Å². The molecule has 2 aromatic carbocycles. The second kappa shape index (κ2) is 6.83. The minimum absolute atomic E-state index is 0.0824. The number of thioether (sulfide) groups is 2. The third-order valence-electron chi connectivity index (χ3n) is 4.31. The summed E-state index contributed by atoms with van der Waals surface area (Å²) in [4.78, 5) is 2.89. The highest BCUT2D eigenvalue weighted by molar-refractivity contribution is 8.23. The second-order valence-corrected chi connectivity index (χ2v) is 8.00. The first-order chi connectivity index (χ1) is 11.0. The summed E-state index contributed by atoms with van der Waals surface area (Å²) in [7, 11) is 0. The number of nitrogens with zero attached hydrogens (tertiary/aromatic N) is 1. The van der Waals surface area contributed by atoms with Gasteiger partial charge in [-0.15, -0.1) is 11.8 Å². The molecule has 0 aliphatic carbocycles. The van der Waals surface area contributed by atoms with Crippen LogP contribution in [0.2, 0.25) is 0 Å². The monoisotopic (exact) mass is 363 g/mol. The maximum atomic E-state index is 14.5. The van der Waals surface area contributed by atoms with Gasteiger partial charge in [-0.1, -0.05) is 42.2 Å². The highest BCUT2D eigenvalue weighted by Crippen LogP contribution is 2.42. The van der Waals surface area contributed by atoms with Crippen LogP contribution in [0.3, 0.4) is 0 Å². The lowest BCUT2D eigenvalue weighted by Gasteiger charge is -2.28. The van der Waals surface area contributed by atoms with Gasteiger partial charge >= 0.3 is 0 Å². The Balaban J connectivity index is 2.09. The summed E-state index contributed by atoms with van der Waals surface area (Å²) in [6.45, 7) is 4.08. The van der Waals surface area contributed by atoms with E-state index >= 15 is 0 Å².